The summed E-state index contributed by atoms with van der Waals surface area (Å²) in [6, 6.07) is 21.7. The van der Waals surface area contributed by atoms with E-state index in [9.17, 15) is 28.8 Å². The first-order chi connectivity index (χ1) is 32.1. The van der Waals surface area contributed by atoms with Crippen LogP contribution in [0.25, 0.3) is 11.3 Å². The van der Waals surface area contributed by atoms with Crippen molar-refractivity contribution in [2.45, 2.75) is 63.6 Å². The molecule has 0 radical (unpaired) electrons. The Morgan fingerprint density at radius 1 is 0.727 bits per heavy atom. The number of carbonyl (C=O) groups excluding carboxylic acids is 6. The maximum Gasteiger partial charge on any atom is 0.320 e. The molecule has 17 nitrogen and oxygen atoms in total. The monoisotopic (exact) mass is 896 g/mol. The molecule has 4 N–H and O–H groups in total. The van der Waals surface area contributed by atoms with Gasteiger partial charge in [-0.25, -0.2) is 9.48 Å². The molecule has 2 atom stereocenters. The first kappa shape index (κ1) is 43.3. The Morgan fingerprint density at radius 2 is 1.42 bits per heavy atom. The van der Waals surface area contributed by atoms with Gasteiger partial charge >= 0.3 is 6.03 Å². The van der Waals surface area contributed by atoms with Crippen LogP contribution < -0.4 is 21.1 Å². The Kier molecular flexibility index (Phi) is 12.0. The number of imide groups is 2. The molecule has 1 aromatic heterocycles. The fraction of sp³-hybridized carbons (Fsp3) is 0.449. The molecule has 7 amide bonds. The summed E-state index contributed by atoms with van der Waals surface area (Å²) in [6.45, 7) is 8.48. The van der Waals surface area contributed by atoms with Crippen LogP contribution >= 0.6 is 0 Å². The topological polar surface area (TPSA) is 196 Å². The van der Waals surface area contributed by atoms with Crippen LogP contribution in [0.2, 0.25) is 0 Å². The van der Waals surface area contributed by atoms with E-state index in [4.69, 9.17) is 15.6 Å². The van der Waals surface area contributed by atoms with E-state index >= 15 is 0 Å². The predicted octanol–water partition coefficient (Wildman–Crippen LogP) is 4.56. The summed E-state index contributed by atoms with van der Waals surface area (Å²) in [5.74, 6) is 0.569. The summed E-state index contributed by atoms with van der Waals surface area (Å²) in [7, 11) is 0. The number of anilines is 1. The van der Waals surface area contributed by atoms with E-state index in [0.29, 0.717) is 67.4 Å². The number of para-hydroxylation sites is 1. The normalized spacial score (nSPS) is 22.2. The number of aromatic nitrogens is 2. The van der Waals surface area contributed by atoms with Gasteiger partial charge in [0.1, 0.15) is 34.6 Å². The van der Waals surface area contributed by atoms with Gasteiger partial charge in [-0.1, -0.05) is 24.3 Å². The van der Waals surface area contributed by atoms with E-state index in [2.05, 4.69) is 20.4 Å². The number of urea groups is 1. The van der Waals surface area contributed by atoms with Crippen LogP contribution in [0.4, 0.5) is 10.6 Å². The van der Waals surface area contributed by atoms with E-state index < -0.39 is 35.6 Å². The summed E-state index contributed by atoms with van der Waals surface area (Å²) in [4.78, 5) is 86.9. The van der Waals surface area contributed by atoms with Crippen molar-refractivity contribution in [3.05, 3.63) is 95.1 Å². The van der Waals surface area contributed by atoms with Crippen molar-refractivity contribution >= 4 is 41.4 Å². The lowest BCUT2D eigenvalue weighted by Crippen LogP contribution is -2.54. The third-order valence-corrected chi connectivity index (χ3v) is 14.4. The molecule has 4 aromatic rings. The van der Waals surface area contributed by atoms with Gasteiger partial charge in [-0.3, -0.25) is 39.1 Å². The molecule has 3 aromatic carbocycles. The van der Waals surface area contributed by atoms with Gasteiger partial charge < -0.3 is 30.5 Å². The van der Waals surface area contributed by atoms with Crippen LogP contribution in [0, 0.1) is 11.8 Å². The Labute approximate surface area is 383 Å². The van der Waals surface area contributed by atoms with Crippen molar-refractivity contribution in [1.82, 2.24) is 39.6 Å². The van der Waals surface area contributed by atoms with Crippen molar-refractivity contribution in [1.29, 1.82) is 0 Å². The fourth-order valence-electron chi connectivity index (χ4n) is 10.8. The highest BCUT2D eigenvalue weighted by Gasteiger charge is 2.45. The maximum atomic E-state index is 13.7. The lowest BCUT2D eigenvalue weighted by molar-refractivity contribution is -0.136. The zero-order valence-electron chi connectivity index (χ0n) is 37.0. The molecular formula is C49H56N10O7. The zero-order valence-corrected chi connectivity index (χ0v) is 37.0. The standard InChI is InChI=1S/C49H56N10O7/c50-44(61)42-43(34-7-9-36(10-8-34)66-35-4-2-1-3-5-35)53-59-39(14-19-51-45(42)59)33-17-20-54(21-18-33)29-31-15-22-56(23-16-31)49(65)57-26-24-55(25-27-57)30-32-6-11-37-38(28-32)48(64)58(47(37)63)40-12-13-41(60)52-46(40)62/h1-11,28,31,33,39-40,51H,12-27,29-30H2,(H2,50,61)(H,52,60,62). The van der Waals surface area contributed by atoms with E-state index in [1.807, 2.05) is 75.1 Å². The van der Waals surface area contributed by atoms with Crippen molar-refractivity contribution < 1.29 is 33.5 Å². The average Bonchev–Trinajstić information content (AvgIpc) is 3.84. The number of rotatable bonds is 10. The average molecular weight is 897 g/mol. The third kappa shape index (κ3) is 8.64. The molecule has 4 fully saturated rings. The summed E-state index contributed by atoms with van der Waals surface area (Å²) >= 11 is 0. The van der Waals surface area contributed by atoms with Crippen molar-refractivity contribution in [3.8, 4) is 22.8 Å². The Bertz CT molecular complexity index is 2520. The molecule has 6 aliphatic rings. The minimum absolute atomic E-state index is 0.0767. The number of carbonyl (C=O) groups is 6. The Morgan fingerprint density at radius 3 is 2.14 bits per heavy atom. The highest BCUT2D eigenvalue weighted by Crippen LogP contribution is 2.41. The molecule has 0 aliphatic carbocycles. The number of piperidine rings is 3. The van der Waals surface area contributed by atoms with Crippen LogP contribution in [0.5, 0.6) is 11.5 Å². The van der Waals surface area contributed by atoms with Crippen LogP contribution in [-0.2, 0) is 16.1 Å². The van der Waals surface area contributed by atoms with Gasteiger partial charge in [0.2, 0.25) is 11.8 Å². The van der Waals surface area contributed by atoms with Crippen LogP contribution in [-0.4, -0.2) is 141 Å². The summed E-state index contributed by atoms with van der Waals surface area (Å²) in [6.07, 6.45) is 5.18. The first-order valence-electron chi connectivity index (χ1n) is 23.4. The molecule has 10 rings (SSSR count). The van der Waals surface area contributed by atoms with E-state index in [0.717, 1.165) is 93.1 Å². The van der Waals surface area contributed by atoms with Crippen molar-refractivity contribution in [3.63, 3.8) is 0 Å². The van der Waals surface area contributed by atoms with E-state index in [-0.39, 0.29) is 36.0 Å². The minimum atomic E-state index is -0.993. The number of hydrogen-bond donors (Lipinski definition) is 3. The Hall–Kier alpha value is -6.59. The summed E-state index contributed by atoms with van der Waals surface area (Å²) in [5, 5.41) is 10.7. The summed E-state index contributed by atoms with van der Waals surface area (Å²) < 4.78 is 8.02. The molecule has 6 aliphatic heterocycles. The minimum Gasteiger partial charge on any atom is -0.457 e. The number of primary amides is 1. The van der Waals surface area contributed by atoms with Crippen molar-refractivity contribution in [2.75, 3.05) is 70.8 Å². The molecule has 344 valence electrons. The molecule has 4 saturated heterocycles. The van der Waals surface area contributed by atoms with Gasteiger partial charge in [-0.2, -0.15) is 5.10 Å². The number of benzene rings is 3. The fourth-order valence-corrected chi connectivity index (χ4v) is 10.8. The molecule has 0 spiro atoms. The largest absolute Gasteiger partial charge is 0.457 e. The molecule has 66 heavy (non-hydrogen) atoms. The second-order valence-corrected chi connectivity index (χ2v) is 18.5. The van der Waals surface area contributed by atoms with Gasteiger partial charge in [0.05, 0.1) is 17.2 Å². The highest BCUT2D eigenvalue weighted by atomic mass is 16.5. The van der Waals surface area contributed by atoms with E-state index in [1.54, 1.807) is 12.1 Å². The van der Waals surface area contributed by atoms with Gasteiger partial charge in [-0.05, 0) is 118 Å². The quantitative estimate of drug-likeness (QED) is 0.189. The Balaban J connectivity index is 0.674. The number of amides is 7. The van der Waals surface area contributed by atoms with Crippen LogP contribution in [0.1, 0.15) is 87.6 Å². The molecule has 0 bridgehead atoms. The number of ether oxygens (including phenoxy) is 1. The first-order valence-corrected chi connectivity index (χ1v) is 23.4. The second-order valence-electron chi connectivity index (χ2n) is 18.5. The lowest BCUT2D eigenvalue weighted by atomic mass is 9.86. The number of piperazine rings is 1. The number of nitrogens with two attached hydrogens (primary N) is 1. The molecule has 17 heteroatoms. The molecule has 2 unspecified atom stereocenters. The van der Waals surface area contributed by atoms with Gasteiger partial charge in [0, 0.05) is 70.9 Å². The van der Waals surface area contributed by atoms with Crippen LogP contribution in [0.3, 0.4) is 0 Å². The van der Waals surface area contributed by atoms with Gasteiger partial charge in [0.15, 0.2) is 0 Å². The zero-order chi connectivity index (χ0) is 45.5. The van der Waals surface area contributed by atoms with Gasteiger partial charge in [-0.15, -0.1) is 0 Å². The molecule has 0 saturated carbocycles. The van der Waals surface area contributed by atoms with Crippen molar-refractivity contribution in [2.24, 2.45) is 17.6 Å². The SMILES string of the molecule is NC(=O)c1c(-c2ccc(Oc3ccccc3)cc2)nn2c1NCCC2C1CCN(CC2CCN(C(=O)N3CCN(Cc4ccc5c(c4)C(=O)N(C4CCC(=O)NC4=O)C5=O)CC3)CC2)CC1. The van der Waals surface area contributed by atoms with Gasteiger partial charge in [0.25, 0.3) is 17.7 Å². The number of nitrogens with zero attached hydrogens (tertiary/aromatic N) is 7. The predicted molar refractivity (Wildman–Crippen MR) is 244 cm³/mol. The van der Waals surface area contributed by atoms with Crippen LogP contribution in [0.15, 0.2) is 72.8 Å². The highest BCUT2D eigenvalue weighted by molar-refractivity contribution is 6.23. The number of fused-ring (bicyclic) bond motifs is 2. The smallest absolute Gasteiger partial charge is 0.320 e. The van der Waals surface area contributed by atoms with E-state index in [1.165, 1.54) is 0 Å². The third-order valence-electron chi connectivity index (χ3n) is 14.4. The maximum absolute atomic E-state index is 13.7. The molecule has 7 heterocycles. The lowest BCUT2D eigenvalue weighted by Gasteiger charge is -2.42. The number of nitrogens with one attached hydrogen (secondary N) is 2. The number of likely N-dealkylation sites (tertiary alicyclic amines) is 2. The second kappa shape index (κ2) is 18.4. The molecular weight excluding hydrogens is 841 g/mol. The summed E-state index contributed by atoms with van der Waals surface area (Å²) in [5.41, 5.74) is 9.25. The number of hydrogen-bond acceptors (Lipinski definition) is 11.